The number of hydrogen-bond acceptors (Lipinski definition) is 3. The normalized spacial score (nSPS) is 17.0. The molecule has 1 N–H and O–H groups in total. The van der Waals surface area contributed by atoms with E-state index in [-0.39, 0.29) is 18.9 Å². The smallest absolute Gasteiger partial charge is 0.308 e. The number of carbonyl (C=O) groups excluding carboxylic acids is 1. The fraction of sp³-hybridized carbons (Fsp3) is 0.333. The average Bonchev–Trinajstić information content (AvgIpc) is 2.98. The third kappa shape index (κ3) is 4.23. The Morgan fingerprint density at radius 3 is 2.19 bits per heavy atom. The van der Waals surface area contributed by atoms with Crippen LogP contribution >= 0.6 is 0 Å². The van der Waals surface area contributed by atoms with Crippen LogP contribution in [0, 0.1) is 5.92 Å². The highest BCUT2D eigenvalue weighted by molar-refractivity contribution is 5.86. The first-order valence-corrected chi connectivity index (χ1v) is 8.79. The van der Waals surface area contributed by atoms with Crippen LogP contribution in [0.1, 0.15) is 37.3 Å². The minimum absolute atomic E-state index is 0.0862. The molecule has 2 aromatic rings. The molecule has 0 spiro atoms. The van der Waals surface area contributed by atoms with Crippen molar-refractivity contribution in [2.45, 2.75) is 32.7 Å². The van der Waals surface area contributed by atoms with Gasteiger partial charge in [-0.2, -0.15) is 0 Å². The Bertz CT molecular complexity index is 781. The highest BCUT2D eigenvalue weighted by atomic mass is 16.5. The second-order valence-corrected chi connectivity index (χ2v) is 6.98. The number of rotatable bonds is 6. The summed E-state index contributed by atoms with van der Waals surface area (Å²) in [7, 11) is 0. The highest BCUT2D eigenvalue weighted by Crippen LogP contribution is 2.25. The van der Waals surface area contributed by atoms with Gasteiger partial charge in [0.1, 0.15) is 11.5 Å². The van der Waals surface area contributed by atoms with Crippen LogP contribution in [-0.4, -0.2) is 28.4 Å². The first-order valence-electron chi connectivity index (χ1n) is 8.79. The zero-order valence-electron chi connectivity index (χ0n) is 15.0. The zero-order chi connectivity index (χ0) is 18.7. The second-order valence-electron chi connectivity index (χ2n) is 6.98. The summed E-state index contributed by atoms with van der Waals surface area (Å²) in [5.41, 5.74) is 2.22. The molecule has 0 bridgehead atoms. The topological polar surface area (TPSA) is 66.8 Å². The number of carboxylic acids is 1. The lowest BCUT2D eigenvalue weighted by Gasteiger charge is -2.16. The summed E-state index contributed by atoms with van der Waals surface area (Å²) in [6.07, 6.45) is 0.0862. The standard InChI is InChI=1S/C21H23NO4/c1-14(2)16-5-9-19(10-6-16)26-18-7-3-15(4-8-18)12-22-13-17(21(24)25)11-20(22)23/h3-10,14,17H,11-13H2,1-2H3,(H,24,25). The van der Waals surface area contributed by atoms with Gasteiger partial charge >= 0.3 is 5.97 Å². The lowest BCUT2D eigenvalue weighted by Crippen LogP contribution is -2.25. The predicted octanol–water partition coefficient (Wildman–Crippen LogP) is 4.04. The quantitative estimate of drug-likeness (QED) is 0.851. The predicted molar refractivity (Wildman–Crippen MR) is 98.2 cm³/mol. The van der Waals surface area contributed by atoms with Gasteiger partial charge in [-0.15, -0.1) is 0 Å². The minimum atomic E-state index is -0.909. The minimum Gasteiger partial charge on any atom is -0.481 e. The van der Waals surface area contributed by atoms with Gasteiger partial charge in [0.25, 0.3) is 0 Å². The summed E-state index contributed by atoms with van der Waals surface area (Å²) in [6.45, 7) is 5.00. The summed E-state index contributed by atoms with van der Waals surface area (Å²) >= 11 is 0. The van der Waals surface area contributed by atoms with Crippen molar-refractivity contribution < 1.29 is 19.4 Å². The van der Waals surface area contributed by atoms with Crippen molar-refractivity contribution in [2.24, 2.45) is 5.92 Å². The second kappa shape index (κ2) is 7.60. The van der Waals surface area contributed by atoms with Crippen molar-refractivity contribution in [3.63, 3.8) is 0 Å². The SMILES string of the molecule is CC(C)c1ccc(Oc2ccc(CN3CC(C(=O)O)CC3=O)cc2)cc1. The third-order valence-electron chi connectivity index (χ3n) is 4.64. The molecule has 1 amide bonds. The molecule has 1 fully saturated rings. The van der Waals surface area contributed by atoms with Crippen LogP contribution in [0.25, 0.3) is 0 Å². The van der Waals surface area contributed by atoms with Gasteiger partial charge in [-0.25, -0.2) is 0 Å². The van der Waals surface area contributed by atoms with Crippen LogP contribution in [0.15, 0.2) is 48.5 Å². The van der Waals surface area contributed by atoms with E-state index in [0.717, 1.165) is 17.1 Å². The number of carbonyl (C=O) groups is 2. The average molecular weight is 353 g/mol. The summed E-state index contributed by atoms with van der Waals surface area (Å²) < 4.78 is 5.85. The van der Waals surface area contributed by atoms with E-state index in [0.29, 0.717) is 12.5 Å². The maximum Gasteiger partial charge on any atom is 0.308 e. The molecule has 5 nitrogen and oxygen atoms in total. The molecule has 136 valence electrons. The summed E-state index contributed by atoms with van der Waals surface area (Å²) in [5, 5.41) is 9.04. The molecule has 0 radical (unpaired) electrons. The number of carboxylic acid groups (broad SMARTS) is 1. The molecule has 26 heavy (non-hydrogen) atoms. The molecular weight excluding hydrogens is 330 g/mol. The van der Waals surface area contributed by atoms with Gasteiger partial charge in [-0.05, 0) is 41.3 Å². The van der Waals surface area contributed by atoms with Gasteiger partial charge < -0.3 is 14.7 Å². The van der Waals surface area contributed by atoms with Gasteiger partial charge in [0.15, 0.2) is 0 Å². The van der Waals surface area contributed by atoms with Crippen molar-refractivity contribution in [2.75, 3.05) is 6.54 Å². The molecule has 1 heterocycles. The van der Waals surface area contributed by atoms with E-state index in [9.17, 15) is 9.59 Å². The molecule has 0 aliphatic carbocycles. The molecule has 5 heteroatoms. The maximum atomic E-state index is 11.9. The largest absolute Gasteiger partial charge is 0.481 e. The number of likely N-dealkylation sites (tertiary alicyclic amines) is 1. The van der Waals surface area contributed by atoms with Crippen molar-refractivity contribution in [3.8, 4) is 11.5 Å². The van der Waals surface area contributed by atoms with E-state index in [1.807, 2.05) is 36.4 Å². The van der Waals surface area contributed by atoms with E-state index < -0.39 is 11.9 Å². The highest BCUT2D eigenvalue weighted by Gasteiger charge is 2.33. The van der Waals surface area contributed by atoms with Crippen LogP contribution in [0.2, 0.25) is 0 Å². The lowest BCUT2D eigenvalue weighted by molar-refractivity contribution is -0.141. The van der Waals surface area contributed by atoms with Crippen LogP contribution < -0.4 is 4.74 Å². The lowest BCUT2D eigenvalue weighted by atomic mass is 10.0. The van der Waals surface area contributed by atoms with Crippen molar-refractivity contribution in [3.05, 3.63) is 59.7 Å². The van der Waals surface area contributed by atoms with Crippen molar-refractivity contribution in [1.82, 2.24) is 4.90 Å². The van der Waals surface area contributed by atoms with Gasteiger partial charge in [-0.3, -0.25) is 9.59 Å². The molecule has 1 saturated heterocycles. The molecular formula is C21H23NO4. The summed E-state index contributed by atoms with van der Waals surface area (Å²) in [6, 6.07) is 15.6. The van der Waals surface area contributed by atoms with Gasteiger partial charge in [-0.1, -0.05) is 38.1 Å². The van der Waals surface area contributed by atoms with Crippen molar-refractivity contribution in [1.29, 1.82) is 0 Å². The van der Waals surface area contributed by atoms with Crippen LogP contribution in [0.4, 0.5) is 0 Å². The molecule has 1 unspecified atom stereocenters. The Morgan fingerprint density at radius 1 is 1.12 bits per heavy atom. The third-order valence-corrected chi connectivity index (χ3v) is 4.64. The fourth-order valence-electron chi connectivity index (χ4n) is 3.03. The Kier molecular flexibility index (Phi) is 5.26. The molecule has 1 aliphatic rings. The Balaban J connectivity index is 1.60. The fourth-order valence-corrected chi connectivity index (χ4v) is 3.03. The number of aliphatic carboxylic acids is 1. The first-order chi connectivity index (χ1) is 12.4. The number of amides is 1. The number of nitrogens with zero attached hydrogens (tertiary/aromatic N) is 1. The van der Waals surface area contributed by atoms with Crippen LogP contribution in [0.5, 0.6) is 11.5 Å². The number of benzene rings is 2. The van der Waals surface area contributed by atoms with E-state index in [1.165, 1.54) is 5.56 Å². The summed E-state index contributed by atoms with van der Waals surface area (Å²) in [4.78, 5) is 24.5. The molecule has 0 aromatic heterocycles. The van der Waals surface area contributed by atoms with E-state index >= 15 is 0 Å². The Hall–Kier alpha value is -2.82. The molecule has 1 atom stereocenters. The first kappa shape index (κ1) is 18.0. The van der Waals surface area contributed by atoms with E-state index in [1.54, 1.807) is 4.90 Å². The Morgan fingerprint density at radius 2 is 1.69 bits per heavy atom. The number of ether oxygens (including phenoxy) is 1. The Labute approximate surface area is 153 Å². The number of hydrogen-bond donors (Lipinski definition) is 1. The van der Waals surface area contributed by atoms with E-state index in [2.05, 4.69) is 26.0 Å². The zero-order valence-corrected chi connectivity index (χ0v) is 15.0. The van der Waals surface area contributed by atoms with Crippen LogP contribution in [-0.2, 0) is 16.1 Å². The van der Waals surface area contributed by atoms with Crippen LogP contribution in [0.3, 0.4) is 0 Å². The van der Waals surface area contributed by atoms with Crippen molar-refractivity contribution >= 4 is 11.9 Å². The van der Waals surface area contributed by atoms with E-state index in [4.69, 9.17) is 9.84 Å². The molecule has 1 aliphatic heterocycles. The van der Waals surface area contributed by atoms with Gasteiger partial charge in [0, 0.05) is 19.5 Å². The molecule has 0 saturated carbocycles. The monoisotopic (exact) mass is 353 g/mol. The molecule has 3 rings (SSSR count). The molecule has 2 aromatic carbocycles. The van der Waals surface area contributed by atoms with Gasteiger partial charge in [0.2, 0.25) is 5.91 Å². The summed E-state index contributed by atoms with van der Waals surface area (Å²) in [5.74, 6) is 0.371. The van der Waals surface area contributed by atoms with Gasteiger partial charge in [0.05, 0.1) is 5.92 Å². The maximum absolute atomic E-state index is 11.9.